The van der Waals surface area contributed by atoms with Crippen LogP contribution in [0.5, 0.6) is 0 Å². The summed E-state index contributed by atoms with van der Waals surface area (Å²) in [5.74, 6) is 1.37. The Kier molecular flexibility index (Phi) is 6.85. The third-order valence-electron chi connectivity index (χ3n) is 4.71. The normalized spacial score (nSPS) is 20.0. The van der Waals surface area contributed by atoms with Gasteiger partial charge in [-0.3, -0.25) is 9.78 Å². The Labute approximate surface area is 168 Å². The second-order valence-corrected chi connectivity index (χ2v) is 8.65. The summed E-state index contributed by atoms with van der Waals surface area (Å²) in [5, 5.41) is 4.42. The molecule has 2 aromatic rings. The van der Waals surface area contributed by atoms with Gasteiger partial charge in [-0.25, -0.2) is 0 Å². The van der Waals surface area contributed by atoms with Crippen molar-refractivity contribution in [2.45, 2.75) is 49.3 Å². The number of rotatable bonds is 5. The number of nitrogens with zero attached hydrogens (tertiary/aromatic N) is 1. The summed E-state index contributed by atoms with van der Waals surface area (Å²) in [6, 6.07) is 7.64. The van der Waals surface area contributed by atoms with Crippen LogP contribution in [0.25, 0.3) is 0 Å². The number of aromatic nitrogens is 1. The standard InChI is InChI=1S/C20H22Cl2N2OS/c1-13-5-7-16(8-6-13)24-20(25)15-9-14(10-23-11-15)12-26-19-17(21)3-2-4-18(19)22/h2-4,9-11,13,16H,5-8,12H2,1H3,(H,24,25). The second-order valence-electron chi connectivity index (χ2n) is 6.85. The molecule has 1 N–H and O–H groups in total. The van der Waals surface area contributed by atoms with E-state index in [1.165, 1.54) is 12.8 Å². The third kappa shape index (κ3) is 5.15. The largest absolute Gasteiger partial charge is 0.349 e. The number of amides is 1. The van der Waals surface area contributed by atoms with Crippen LogP contribution in [-0.2, 0) is 5.75 Å². The highest BCUT2D eigenvalue weighted by atomic mass is 35.5. The molecule has 0 spiro atoms. The zero-order chi connectivity index (χ0) is 18.5. The van der Waals surface area contributed by atoms with Crippen LogP contribution in [0.1, 0.15) is 48.5 Å². The predicted octanol–water partition coefficient (Wildman–Crippen LogP) is 5.99. The number of halogens is 2. The molecule has 3 rings (SSSR count). The Morgan fingerprint density at radius 1 is 1.19 bits per heavy atom. The smallest absolute Gasteiger partial charge is 0.253 e. The number of hydrogen-bond donors (Lipinski definition) is 1. The molecule has 0 bridgehead atoms. The van der Waals surface area contributed by atoms with E-state index in [0.29, 0.717) is 21.4 Å². The Morgan fingerprint density at radius 2 is 1.88 bits per heavy atom. The van der Waals surface area contributed by atoms with Crippen molar-refractivity contribution in [2.75, 3.05) is 0 Å². The van der Waals surface area contributed by atoms with Crippen molar-refractivity contribution < 1.29 is 4.79 Å². The predicted molar refractivity (Wildman–Crippen MR) is 109 cm³/mol. The molecule has 1 aliphatic carbocycles. The molecule has 0 atom stereocenters. The first kappa shape index (κ1) is 19.5. The molecule has 6 heteroatoms. The first-order chi connectivity index (χ1) is 12.5. The van der Waals surface area contributed by atoms with Crippen molar-refractivity contribution in [3.05, 3.63) is 57.8 Å². The summed E-state index contributed by atoms with van der Waals surface area (Å²) in [6.07, 6.45) is 7.87. The summed E-state index contributed by atoms with van der Waals surface area (Å²) < 4.78 is 0. The van der Waals surface area contributed by atoms with Crippen molar-refractivity contribution in [3.63, 3.8) is 0 Å². The fraction of sp³-hybridized carbons (Fsp3) is 0.400. The van der Waals surface area contributed by atoms with Crippen LogP contribution in [-0.4, -0.2) is 16.9 Å². The number of pyridine rings is 1. The number of carbonyl (C=O) groups excluding carboxylic acids is 1. The number of nitrogens with one attached hydrogen (secondary N) is 1. The first-order valence-electron chi connectivity index (χ1n) is 8.84. The van der Waals surface area contributed by atoms with Gasteiger partial charge in [0.1, 0.15) is 0 Å². The van der Waals surface area contributed by atoms with E-state index < -0.39 is 0 Å². The van der Waals surface area contributed by atoms with Gasteiger partial charge in [0, 0.05) is 29.1 Å². The molecular weight excluding hydrogens is 387 g/mol. The lowest BCUT2D eigenvalue weighted by atomic mass is 9.87. The molecule has 1 aliphatic rings. The molecule has 138 valence electrons. The van der Waals surface area contributed by atoms with Crippen LogP contribution in [0.3, 0.4) is 0 Å². The number of thioether (sulfide) groups is 1. The van der Waals surface area contributed by atoms with Gasteiger partial charge in [-0.2, -0.15) is 0 Å². The van der Waals surface area contributed by atoms with Gasteiger partial charge >= 0.3 is 0 Å². The van der Waals surface area contributed by atoms with Gasteiger partial charge in [0.25, 0.3) is 5.91 Å². The van der Waals surface area contributed by atoms with E-state index in [9.17, 15) is 4.79 Å². The maximum atomic E-state index is 12.5. The third-order valence-corrected chi connectivity index (χ3v) is 6.77. The van der Waals surface area contributed by atoms with Gasteiger partial charge in [-0.1, -0.05) is 36.2 Å². The van der Waals surface area contributed by atoms with E-state index in [1.807, 2.05) is 24.3 Å². The van der Waals surface area contributed by atoms with Crippen LogP contribution < -0.4 is 5.32 Å². The van der Waals surface area contributed by atoms with Crippen molar-refractivity contribution in [1.29, 1.82) is 0 Å². The van der Waals surface area contributed by atoms with Crippen molar-refractivity contribution in [2.24, 2.45) is 5.92 Å². The van der Waals surface area contributed by atoms with Gasteiger partial charge in [-0.15, -0.1) is 11.8 Å². The van der Waals surface area contributed by atoms with E-state index in [2.05, 4.69) is 17.2 Å². The highest BCUT2D eigenvalue weighted by Crippen LogP contribution is 2.35. The quantitative estimate of drug-likeness (QED) is 0.617. The second kappa shape index (κ2) is 9.12. The topological polar surface area (TPSA) is 42.0 Å². The molecule has 1 aromatic heterocycles. The number of benzene rings is 1. The Morgan fingerprint density at radius 3 is 2.58 bits per heavy atom. The Hall–Kier alpha value is -1.23. The highest BCUT2D eigenvalue weighted by molar-refractivity contribution is 7.98. The molecular formula is C20H22Cl2N2OS. The molecule has 0 radical (unpaired) electrons. The molecule has 0 saturated heterocycles. The molecule has 26 heavy (non-hydrogen) atoms. The average molecular weight is 409 g/mol. The van der Waals surface area contributed by atoms with Gasteiger partial charge in [0.05, 0.1) is 15.6 Å². The monoisotopic (exact) mass is 408 g/mol. The lowest BCUT2D eigenvalue weighted by Crippen LogP contribution is -2.37. The fourth-order valence-corrected chi connectivity index (χ4v) is 4.75. The van der Waals surface area contributed by atoms with Gasteiger partial charge in [0.15, 0.2) is 0 Å². The zero-order valence-corrected chi connectivity index (χ0v) is 17.0. The maximum Gasteiger partial charge on any atom is 0.253 e. The van der Waals surface area contributed by atoms with Crippen LogP contribution in [0.4, 0.5) is 0 Å². The minimum absolute atomic E-state index is 0.0420. The average Bonchev–Trinajstić information content (AvgIpc) is 2.63. The molecule has 1 fully saturated rings. The van der Waals surface area contributed by atoms with Crippen LogP contribution in [0, 0.1) is 5.92 Å². The zero-order valence-electron chi connectivity index (χ0n) is 14.7. The van der Waals surface area contributed by atoms with Crippen molar-refractivity contribution in [3.8, 4) is 0 Å². The summed E-state index contributed by atoms with van der Waals surface area (Å²) in [5.41, 5.74) is 1.57. The fourth-order valence-electron chi connectivity index (χ4n) is 3.14. The van der Waals surface area contributed by atoms with Crippen molar-refractivity contribution in [1.82, 2.24) is 10.3 Å². The number of hydrogen-bond acceptors (Lipinski definition) is 3. The summed E-state index contributed by atoms with van der Waals surface area (Å²) >= 11 is 14.0. The molecule has 1 amide bonds. The minimum atomic E-state index is -0.0420. The Bertz CT molecular complexity index is 756. The van der Waals surface area contributed by atoms with Crippen LogP contribution >= 0.6 is 35.0 Å². The minimum Gasteiger partial charge on any atom is -0.349 e. The highest BCUT2D eigenvalue weighted by Gasteiger charge is 2.20. The van der Waals surface area contributed by atoms with Gasteiger partial charge in [0.2, 0.25) is 0 Å². The van der Waals surface area contributed by atoms with E-state index in [0.717, 1.165) is 29.2 Å². The van der Waals surface area contributed by atoms with E-state index in [1.54, 1.807) is 24.2 Å². The maximum absolute atomic E-state index is 12.5. The summed E-state index contributed by atoms with van der Waals surface area (Å²) in [7, 11) is 0. The lowest BCUT2D eigenvalue weighted by Gasteiger charge is -2.26. The Balaban J connectivity index is 1.61. The van der Waals surface area contributed by atoms with Crippen LogP contribution in [0.15, 0.2) is 41.6 Å². The van der Waals surface area contributed by atoms with Gasteiger partial charge in [-0.05, 0) is 55.4 Å². The van der Waals surface area contributed by atoms with E-state index >= 15 is 0 Å². The SMILES string of the molecule is CC1CCC(NC(=O)c2cncc(CSc3c(Cl)cccc3Cl)c2)CC1. The van der Waals surface area contributed by atoms with Crippen molar-refractivity contribution >= 4 is 40.9 Å². The summed E-state index contributed by atoms with van der Waals surface area (Å²) in [4.78, 5) is 17.6. The van der Waals surface area contributed by atoms with Gasteiger partial charge < -0.3 is 5.32 Å². The van der Waals surface area contributed by atoms with E-state index in [4.69, 9.17) is 23.2 Å². The van der Waals surface area contributed by atoms with E-state index in [-0.39, 0.29) is 11.9 Å². The molecule has 0 unspecified atom stereocenters. The lowest BCUT2D eigenvalue weighted by molar-refractivity contribution is 0.0922. The molecule has 1 aromatic carbocycles. The molecule has 1 heterocycles. The first-order valence-corrected chi connectivity index (χ1v) is 10.6. The number of carbonyl (C=O) groups is 1. The summed E-state index contributed by atoms with van der Waals surface area (Å²) in [6.45, 7) is 2.27. The van der Waals surface area contributed by atoms with Crippen LogP contribution in [0.2, 0.25) is 10.0 Å². The molecule has 1 saturated carbocycles. The molecule has 3 nitrogen and oxygen atoms in total. The molecule has 0 aliphatic heterocycles.